The quantitative estimate of drug-likeness (QED) is 0.780. The van der Waals surface area contributed by atoms with Crippen LogP contribution in [0.25, 0.3) is 6.08 Å². The van der Waals surface area contributed by atoms with Gasteiger partial charge in [-0.15, -0.1) is 11.3 Å². The maximum Gasteiger partial charge on any atom is 0.0805 e. The number of methoxy groups -OCH3 is 1. The molecule has 0 aliphatic heterocycles. The average molecular weight is 197 g/mol. The van der Waals surface area contributed by atoms with Gasteiger partial charge in [0.1, 0.15) is 0 Å². The maximum absolute atomic E-state index is 5.04. The molecule has 0 atom stereocenters. The Morgan fingerprint density at radius 2 is 2.46 bits per heavy atom. The van der Waals surface area contributed by atoms with E-state index in [9.17, 15) is 0 Å². The van der Waals surface area contributed by atoms with Crippen LogP contribution in [0, 0.1) is 0 Å². The van der Waals surface area contributed by atoms with Crippen LogP contribution < -0.4 is 5.32 Å². The van der Waals surface area contributed by atoms with Crippen molar-refractivity contribution in [2.45, 2.75) is 6.61 Å². The van der Waals surface area contributed by atoms with Crippen LogP contribution in [0.15, 0.2) is 17.5 Å². The third-order valence-corrected chi connectivity index (χ3v) is 2.52. The van der Waals surface area contributed by atoms with Crippen LogP contribution in [-0.2, 0) is 11.3 Å². The Morgan fingerprint density at radius 1 is 1.62 bits per heavy atom. The zero-order valence-electron chi connectivity index (χ0n) is 8.04. The van der Waals surface area contributed by atoms with E-state index in [4.69, 9.17) is 4.74 Å². The van der Waals surface area contributed by atoms with E-state index in [1.807, 2.05) is 7.05 Å². The number of ether oxygens (including phenoxy) is 1. The number of rotatable bonds is 5. The molecule has 0 radical (unpaired) electrons. The molecule has 72 valence electrons. The fraction of sp³-hybridized carbons (Fsp3) is 0.400. The molecular formula is C10H15NOS. The lowest BCUT2D eigenvalue weighted by Crippen LogP contribution is -2.03. The molecule has 0 spiro atoms. The summed E-state index contributed by atoms with van der Waals surface area (Å²) in [6.45, 7) is 1.62. The summed E-state index contributed by atoms with van der Waals surface area (Å²) in [6, 6.07) is 2.15. The van der Waals surface area contributed by atoms with Crippen molar-refractivity contribution in [1.82, 2.24) is 5.32 Å². The number of likely N-dealkylation sites (N-methyl/N-ethyl adjacent to an activating group) is 1. The van der Waals surface area contributed by atoms with Crippen molar-refractivity contribution < 1.29 is 4.74 Å². The largest absolute Gasteiger partial charge is 0.379 e. The summed E-state index contributed by atoms with van der Waals surface area (Å²) in [4.78, 5) is 1.27. The van der Waals surface area contributed by atoms with Crippen LogP contribution in [0.3, 0.4) is 0 Å². The fourth-order valence-electron chi connectivity index (χ4n) is 1.02. The van der Waals surface area contributed by atoms with E-state index in [-0.39, 0.29) is 0 Å². The second kappa shape index (κ2) is 5.91. The molecule has 3 heteroatoms. The molecule has 1 rings (SSSR count). The highest BCUT2D eigenvalue weighted by Gasteiger charge is 1.95. The molecule has 2 nitrogen and oxygen atoms in total. The molecule has 1 aromatic rings. The summed E-state index contributed by atoms with van der Waals surface area (Å²) in [5.74, 6) is 0. The molecule has 1 N–H and O–H groups in total. The van der Waals surface area contributed by atoms with Gasteiger partial charge >= 0.3 is 0 Å². The fourth-order valence-corrected chi connectivity index (χ4v) is 1.84. The van der Waals surface area contributed by atoms with Crippen molar-refractivity contribution in [2.24, 2.45) is 0 Å². The van der Waals surface area contributed by atoms with Gasteiger partial charge in [-0.05, 0) is 24.1 Å². The van der Waals surface area contributed by atoms with Crippen molar-refractivity contribution >= 4 is 17.4 Å². The zero-order valence-corrected chi connectivity index (χ0v) is 8.86. The van der Waals surface area contributed by atoms with Gasteiger partial charge in [-0.3, -0.25) is 0 Å². The van der Waals surface area contributed by atoms with Crippen LogP contribution in [0.1, 0.15) is 10.4 Å². The number of nitrogens with one attached hydrogen (secondary N) is 1. The Morgan fingerprint density at radius 3 is 3.15 bits per heavy atom. The standard InChI is InChI=1S/C10H15NOS/c1-11-5-3-4-9-6-10(7-12-2)13-8-9/h3-4,6,8,11H,5,7H2,1-2H3. The molecule has 0 unspecified atom stereocenters. The van der Waals surface area contributed by atoms with E-state index in [0.29, 0.717) is 6.61 Å². The molecule has 0 fully saturated rings. The lowest BCUT2D eigenvalue weighted by atomic mass is 10.3. The first-order valence-corrected chi connectivity index (χ1v) is 5.12. The molecule has 0 saturated heterocycles. The minimum absolute atomic E-state index is 0.713. The minimum atomic E-state index is 0.713. The number of hydrogen-bond acceptors (Lipinski definition) is 3. The van der Waals surface area contributed by atoms with Crippen LogP contribution in [0.2, 0.25) is 0 Å². The molecule has 0 aromatic carbocycles. The zero-order chi connectivity index (χ0) is 9.52. The molecule has 0 amide bonds. The highest BCUT2D eigenvalue weighted by molar-refractivity contribution is 7.10. The third-order valence-electron chi connectivity index (χ3n) is 1.59. The highest BCUT2D eigenvalue weighted by Crippen LogP contribution is 2.16. The van der Waals surface area contributed by atoms with Crippen molar-refractivity contribution in [3.05, 3.63) is 28.0 Å². The molecular weight excluding hydrogens is 182 g/mol. The monoisotopic (exact) mass is 197 g/mol. The smallest absolute Gasteiger partial charge is 0.0805 e. The molecule has 0 bridgehead atoms. The Balaban J connectivity index is 2.48. The number of hydrogen-bond donors (Lipinski definition) is 1. The Kier molecular flexibility index (Phi) is 4.75. The van der Waals surface area contributed by atoms with E-state index in [1.165, 1.54) is 10.4 Å². The van der Waals surface area contributed by atoms with Crippen molar-refractivity contribution in [1.29, 1.82) is 0 Å². The minimum Gasteiger partial charge on any atom is -0.379 e. The predicted molar refractivity (Wildman–Crippen MR) is 58.0 cm³/mol. The molecule has 13 heavy (non-hydrogen) atoms. The van der Waals surface area contributed by atoms with Crippen LogP contribution in [-0.4, -0.2) is 20.7 Å². The van der Waals surface area contributed by atoms with Gasteiger partial charge in [0.05, 0.1) is 6.61 Å². The second-order valence-corrected chi connectivity index (χ2v) is 3.74. The van der Waals surface area contributed by atoms with Gasteiger partial charge in [-0.25, -0.2) is 0 Å². The molecule has 1 heterocycles. The molecule has 0 saturated carbocycles. The van der Waals surface area contributed by atoms with Crippen molar-refractivity contribution in [3.8, 4) is 0 Å². The van der Waals surface area contributed by atoms with Gasteiger partial charge in [0.2, 0.25) is 0 Å². The highest BCUT2D eigenvalue weighted by atomic mass is 32.1. The van der Waals surface area contributed by atoms with E-state index in [1.54, 1.807) is 18.4 Å². The van der Waals surface area contributed by atoms with Crippen LogP contribution in [0.4, 0.5) is 0 Å². The van der Waals surface area contributed by atoms with E-state index >= 15 is 0 Å². The normalized spacial score (nSPS) is 11.2. The maximum atomic E-state index is 5.04. The van der Waals surface area contributed by atoms with E-state index in [0.717, 1.165) is 6.54 Å². The molecule has 1 aromatic heterocycles. The summed E-state index contributed by atoms with van der Waals surface area (Å²) in [6.07, 6.45) is 4.23. The predicted octanol–water partition coefficient (Wildman–Crippen LogP) is 2.13. The second-order valence-electron chi connectivity index (χ2n) is 2.74. The first-order valence-electron chi connectivity index (χ1n) is 4.24. The van der Waals surface area contributed by atoms with Crippen LogP contribution >= 0.6 is 11.3 Å². The summed E-state index contributed by atoms with van der Waals surface area (Å²) in [7, 11) is 3.66. The first-order chi connectivity index (χ1) is 6.36. The average Bonchev–Trinajstić information content (AvgIpc) is 2.54. The van der Waals surface area contributed by atoms with Gasteiger partial charge in [0.15, 0.2) is 0 Å². The Labute approximate surface area is 83.2 Å². The van der Waals surface area contributed by atoms with Gasteiger partial charge in [0, 0.05) is 18.5 Å². The van der Waals surface area contributed by atoms with E-state index in [2.05, 4.69) is 28.9 Å². The van der Waals surface area contributed by atoms with E-state index < -0.39 is 0 Å². The summed E-state index contributed by atoms with van der Waals surface area (Å²) < 4.78 is 5.04. The SMILES string of the molecule is CNCC=Cc1csc(COC)c1. The lowest BCUT2D eigenvalue weighted by molar-refractivity contribution is 0.187. The summed E-state index contributed by atoms with van der Waals surface area (Å²) >= 11 is 1.74. The van der Waals surface area contributed by atoms with Gasteiger partial charge in [-0.2, -0.15) is 0 Å². The lowest BCUT2D eigenvalue weighted by Gasteiger charge is -1.90. The van der Waals surface area contributed by atoms with Gasteiger partial charge < -0.3 is 10.1 Å². The Hall–Kier alpha value is -0.640. The van der Waals surface area contributed by atoms with Gasteiger partial charge in [-0.1, -0.05) is 12.2 Å². The van der Waals surface area contributed by atoms with Crippen molar-refractivity contribution in [3.63, 3.8) is 0 Å². The van der Waals surface area contributed by atoms with Gasteiger partial charge in [0.25, 0.3) is 0 Å². The number of thiophene rings is 1. The first kappa shape index (κ1) is 10.4. The summed E-state index contributed by atoms with van der Waals surface area (Å²) in [5.41, 5.74) is 1.26. The Bertz CT molecular complexity index is 268. The van der Waals surface area contributed by atoms with Crippen LogP contribution in [0.5, 0.6) is 0 Å². The molecule has 0 aliphatic rings. The summed E-state index contributed by atoms with van der Waals surface area (Å²) in [5, 5.41) is 5.20. The topological polar surface area (TPSA) is 21.3 Å². The molecule has 0 aliphatic carbocycles. The third kappa shape index (κ3) is 3.72. The van der Waals surface area contributed by atoms with Crippen molar-refractivity contribution in [2.75, 3.05) is 20.7 Å².